The van der Waals surface area contributed by atoms with Gasteiger partial charge in [0.1, 0.15) is 5.75 Å². The molecular weight excluding hydrogens is 392 g/mol. The molecule has 160 valence electrons. The molecule has 0 bridgehead atoms. The molecule has 3 N–H and O–H groups in total. The molecule has 3 aromatic rings. The summed E-state index contributed by atoms with van der Waals surface area (Å²) in [7, 11) is 1.68. The summed E-state index contributed by atoms with van der Waals surface area (Å²) in [6.07, 6.45) is 3.20. The summed E-state index contributed by atoms with van der Waals surface area (Å²) in [5.74, 6) is 0.816. The van der Waals surface area contributed by atoms with Gasteiger partial charge >= 0.3 is 0 Å². The first kappa shape index (κ1) is 22.1. The molecule has 1 heterocycles. The molecule has 0 radical (unpaired) electrons. The Bertz CT molecular complexity index is 951. The Kier molecular flexibility index (Phi) is 8.11. The van der Waals surface area contributed by atoms with Gasteiger partial charge in [-0.15, -0.1) is 0 Å². The number of aromatic amines is 1. The van der Waals surface area contributed by atoms with Crippen molar-refractivity contribution in [1.82, 2.24) is 9.88 Å². The highest BCUT2D eigenvalue weighted by molar-refractivity contribution is 7.80. The molecule has 0 atom stereocenters. The van der Waals surface area contributed by atoms with E-state index in [0.717, 1.165) is 61.2 Å². The maximum Gasteiger partial charge on any atom is 0.173 e. The quantitative estimate of drug-likeness (QED) is 0.434. The Morgan fingerprint density at radius 2 is 1.93 bits per heavy atom. The number of benzene rings is 2. The van der Waals surface area contributed by atoms with E-state index in [1.807, 2.05) is 24.3 Å². The van der Waals surface area contributed by atoms with E-state index in [-0.39, 0.29) is 0 Å². The van der Waals surface area contributed by atoms with Crippen LogP contribution in [-0.4, -0.2) is 48.3 Å². The van der Waals surface area contributed by atoms with E-state index in [1.165, 1.54) is 10.9 Å². The summed E-state index contributed by atoms with van der Waals surface area (Å²) in [6, 6.07) is 16.3. The third-order valence-electron chi connectivity index (χ3n) is 5.60. The molecule has 2 aromatic carbocycles. The number of nitrogens with zero attached hydrogens (tertiary/aromatic N) is 1. The number of nitrogens with one attached hydrogen (secondary N) is 3. The molecule has 30 heavy (non-hydrogen) atoms. The van der Waals surface area contributed by atoms with Gasteiger partial charge in [-0.1, -0.05) is 24.3 Å². The van der Waals surface area contributed by atoms with Crippen molar-refractivity contribution in [2.45, 2.75) is 26.8 Å². The second kappa shape index (κ2) is 11.0. The highest BCUT2D eigenvalue weighted by atomic mass is 32.1. The average Bonchev–Trinajstić information content (AvgIpc) is 3.19. The fourth-order valence-electron chi connectivity index (χ4n) is 3.75. The lowest BCUT2D eigenvalue weighted by Crippen LogP contribution is -3.11. The van der Waals surface area contributed by atoms with Gasteiger partial charge in [0.05, 0.1) is 26.7 Å². The summed E-state index contributed by atoms with van der Waals surface area (Å²) in [6.45, 7) is 9.65. The number of methoxy groups -OCH3 is 1. The molecule has 0 saturated carbocycles. The largest absolute Gasteiger partial charge is 0.497 e. The van der Waals surface area contributed by atoms with Crippen LogP contribution in [-0.2, 0) is 6.54 Å². The molecule has 0 unspecified atom stereocenters. The zero-order chi connectivity index (χ0) is 21.3. The molecule has 0 saturated heterocycles. The lowest BCUT2D eigenvalue weighted by atomic mass is 10.1. The number of aromatic nitrogens is 1. The van der Waals surface area contributed by atoms with E-state index in [0.29, 0.717) is 0 Å². The summed E-state index contributed by atoms with van der Waals surface area (Å²) < 4.78 is 5.34. The summed E-state index contributed by atoms with van der Waals surface area (Å²) in [4.78, 5) is 7.27. The van der Waals surface area contributed by atoms with Crippen molar-refractivity contribution in [2.24, 2.45) is 0 Å². The van der Waals surface area contributed by atoms with Crippen molar-refractivity contribution in [3.8, 4) is 5.75 Å². The molecule has 0 spiro atoms. The minimum atomic E-state index is 0.739. The molecule has 0 aliphatic carbocycles. The highest BCUT2D eigenvalue weighted by Gasteiger charge is 2.15. The van der Waals surface area contributed by atoms with Crippen molar-refractivity contribution in [3.05, 3.63) is 60.3 Å². The molecule has 5 nitrogen and oxygen atoms in total. The molecule has 0 aliphatic rings. The second-order valence-electron chi connectivity index (χ2n) is 7.50. The van der Waals surface area contributed by atoms with Crippen LogP contribution in [0.2, 0.25) is 0 Å². The lowest BCUT2D eigenvalue weighted by Gasteiger charge is -2.27. The standard InChI is InChI=1S/C24H32N4OS/c1-4-27(5-2)14-9-15-28(18-19-17-25-23-13-7-6-12-22(19)23)24(30)26-20-10-8-11-21(16-20)29-3/h6-8,10-13,16-17,25H,4-5,9,14-15,18H2,1-3H3,(H,26,30)/p+1. The number of para-hydroxylation sites is 1. The van der Waals surface area contributed by atoms with Crippen LogP contribution in [0.3, 0.4) is 0 Å². The molecule has 1 aromatic heterocycles. The molecule has 0 aliphatic heterocycles. The van der Waals surface area contributed by atoms with Crippen LogP contribution in [0.1, 0.15) is 25.8 Å². The van der Waals surface area contributed by atoms with Crippen molar-refractivity contribution < 1.29 is 9.64 Å². The van der Waals surface area contributed by atoms with E-state index in [4.69, 9.17) is 17.0 Å². The van der Waals surface area contributed by atoms with Gasteiger partial charge in [-0.25, -0.2) is 0 Å². The predicted octanol–water partition coefficient (Wildman–Crippen LogP) is 3.69. The predicted molar refractivity (Wildman–Crippen MR) is 129 cm³/mol. The van der Waals surface area contributed by atoms with E-state index in [9.17, 15) is 0 Å². The van der Waals surface area contributed by atoms with Gasteiger partial charge in [0.15, 0.2) is 5.11 Å². The van der Waals surface area contributed by atoms with E-state index >= 15 is 0 Å². The molecule has 6 heteroatoms. The number of hydrogen-bond acceptors (Lipinski definition) is 2. The number of anilines is 1. The number of thiocarbonyl (C=S) groups is 1. The summed E-state index contributed by atoms with van der Waals surface area (Å²) >= 11 is 5.83. The molecule has 0 amide bonds. The van der Waals surface area contributed by atoms with Gasteiger partial charge in [0, 0.05) is 48.4 Å². The van der Waals surface area contributed by atoms with Gasteiger partial charge in [-0.05, 0) is 49.8 Å². The topological polar surface area (TPSA) is 44.7 Å². The van der Waals surface area contributed by atoms with E-state index < -0.39 is 0 Å². The monoisotopic (exact) mass is 425 g/mol. The van der Waals surface area contributed by atoms with Crippen LogP contribution in [0, 0.1) is 0 Å². The van der Waals surface area contributed by atoms with Crippen LogP contribution in [0.5, 0.6) is 5.75 Å². The Hall–Kier alpha value is -2.57. The number of fused-ring (bicyclic) bond motifs is 1. The lowest BCUT2D eigenvalue weighted by molar-refractivity contribution is -0.896. The summed E-state index contributed by atoms with van der Waals surface area (Å²) in [5.41, 5.74) is 3.36. The normalized spacial score (nSPS) is 11.1. The number of H-pyrrole nitrogens is 1. The Morgan fingerprint density at radius 1 is 1.13 bits per heavy atom. The minimum Gasteiger partial charge on any atom is -0.497 e. The fraction of sp³-hybridized carbons (Fsp3) is 0.375. The molecule has 0 fully saturated rings. The third kappa shape index (κ3) is 5.74. The van der Waals surface area contributed by atoms with Crippen LogP contribution >= 0.6 is 12.2 Å². The second-order valence-corrected chi connectivity index (χ2v) is 7.89. The Labute approximate surface area is 185 Å². The van der Waals surface area contributed by atoms with Gasteiger partial charge < -0.3 is 24.8 Å². The zero-order valence-corrected chi connectivity index (χ0v) is 19.0. The van der Waals surface area contributed by atoms with E-state index in [1.54, 1.807) is 12.0 Å². The summed E-state index contributed by atoms with van der Waals surface area (Å²) in [5, 5.41) is 5.39. The van der Waals surface area contributed by atoms with Crippen LogP contribution < -0.4 is 15.0 Å². The zero-order valence-electron chi connectivity index (χ0n) is 18.2. The van der Waals surface area contributed by atoms with Crippen LogP contribution in [0.4, 0.5) is 5.69 Å². The van der Waals surface area contributed by atoms with Crippen molar-refractivity contribution in [1.29, 1.82) is 0 Å². The maximum atomic E-state index is 5.83. The number of hydrogen-bond donors (Lipinski definition) is 3. The van der Waals surface area contributed by atoms with Crippen molar-refractivity contribution >= 4 is 33.9 Å². The Morgan fingerprint density at radius 3 is 2.70 bits per heavy atom. The van der Waals surface area contributed by atoms with Crippen molar-refractivity contribution in [2.75, 3.05) is 38.6 Å². The van der Waals surface area contributed by atoms with Crippen LogP contribution in [0.25, 0.3) is 10.9 Å². The fourth-order valence-corrected chi connectivity index (χ4v) is 4.02. The Balaban J connectivity index is 1.74. The average molecular weight is 426 g/mol. The van der Waals surface area contributed by atoms with Gasteiger partial charge in [-0.3, -0.25) is 0 Å². The third-order valence-corrected chi connectivity index (χ3v) is 5.96. The first-order chi connectivity index (χ1) is 14.6. The number of rotatable bonds is 10. The number of quaternary nitrogens is 1. The first-order valence-electron chi connectivity index (χ1n) is 10.7. The molecular formula is C24H33N4OS+. The maximum absolute atomic E-state index is 5.83. The number of ether oxygens (including phenoxy) is 1. The van der Waals surface area contributed by atoms with Crippen molar-refractivity contribution in [3.63, 3.8) is 0 Å². The minimum absolute atomic E-state index is 0.739. The molecule has 3 rings (SSSR count). The SMILES string of the molecule is CC[NH+](CC)CCCN(Cc1c[nH]c2ccccc12)C(=S)Nc1cccc(OC)c1. The van der Waals surface area contributed by atoms with Crippen LogP contribution in [0.15, 0.2) is 54.7 Å². The van der Waals surface area contributed by atoms with Gasteiger partial charge in [0.25, 0.3) is 0 Å². The smallest absolute Gasteiger partial charge is 0.173 e. The highest BCUT2D eigenvalue weighted by Crippen LogP contribution is 2.21. The van der Waals surface area contributed by atoms with Gasteiger partial charge in [0.2, 0.25) is 0 Å². The van der Waals surface area contributed by atoms with Gasteiger partial charge in [-0.2, -0.15) is 0 Å². The first-order valence-corrected chi connectivity index (χ1v) is 11.1. The van der Waals surface area contributed by atoms with E-state index in [2.05, 4.69) is 59.5 Å².